The number of nitrogens with zero attached hydrogens (tertiary/aromatic N) is 1. The standard InChI is InChI=1S/C17H26N2O6S/c1-23-13-6-7-15(16(11-13)24-2)18-17(20)8-9-19(26(3,21)22)12-14-5-4-10-25-14/h6-7,11,14H,4-5,8-10,12H2,1-3H3,(H,18,20). The van der Waals surface area contributed by atoms with Gasteiger partial charge in [-0.15, -0.1) is 0 Å². The third-order valence-electron chi connectivity index (χ3n) is 4.17. The van der Waals surface area contributed by atoms with E-state index in [-0.39, 0.29) is 31.5 Å². The van der Waals surface area contributed by atoms with Crippen molar-refractivity contribution in [3.63, 3.8) is 0 Å². The zero-order chi connectivity index (χ0) is 19.2. The Bertz CT molecular complexity index is 716. The highest BCUT2D eigenvalue weighted by atomic mass is 32.2. The molecule has 0 aliphatic carbocycles. The second-order valence-electron chi connectivity index (χ2n) is 6.12. The maximum absolute atomic E-state index is 12.3. The molecule has 1 amide bonds. The quantitative estimate of drug-likeness (QED) is 0.691. The van der Waals surface area contributed by atoms with Gasteiger partial charge in [-0.2, -0.15) is 4.31 Å². The van der Waals surface area contributed by atoms with Crippen LogP contribution in [0.3, 0.4) is 0 Å². The summed E-state index contributed by atoms with van der Waals surface area (Å²) in [6, 6.07) is 5.05. The van der Waals surface area contributed by atoms with Gasteiger partial charge in [-0.3, -0.25) is 4.79 Å². The van der Waals surface area contributed by atoms with Gasteiger partial charge in [0, 0.05) is 32.2 Å². The molecule has 1 aromatic rings. The van der Waals surface area contributed by atoms with Crippen molar-refractivity contribution in [2.24, 2.45) is 0 Å². The zero-order valence-corrected chi connectivity index (χ0v) is 16.2. The van der Waals surface area contributed by atoms with Crippen LogP contribution in [0.15, 0.2) is 18.2 Å². The fourth-order valence-corrected chi connectivity index (χ4v) is 3.61. The van der Waals surface area contributed by atoms with E-state index < -0.39 is 10.0 Å². The summed E-state index contributed by atoms with van der Waals surface area (Å²) in [4.78, 5) is 12.3. The Labute approximate surface area is 154 Å². The molecule has 2 rings (SSSR count). The van der Waals surface area contributed by atoms with Gasteiger partial charge in [0.05, 0.1) is 32.3 Å². The zero-order valence-electron chi connectivity index (χ0n) is 15.4. The van der Waals surface area contributed by atoms with Crippen molar-refractivity contribution in [1.82, 2.24) is 4.31 Å². The van der Waals surface area contributed by atoms with E-state index in [2.05, 4.69) is 5.32 Å². The molecule has 0 saturated carbocycles. The summed E-state index contributed by atoms with van der Waals surface area (Å²) in [5.41, 5.74) is 0.503. The average Bonchev–Trinajstić information content (AvgIpc) is 3.11. The summed E-state index contributed by atoms with van der Waals surface area (Å²) in [6.07, 6.45) is 2.84. The van der Waals surface area contributed by atoms with Crippen molar-refractivity contribution in [2.45, 2.75) is 25.4 Å². The molecule has 1 aliphatic heterocycles. The van der Waals surface area contributed by atoms with Crippen LogP contribution in [0.25, 0.3) is 0 Å². The number of anilines is 1. The summed E-state index contributed by atoms with van der Waals surface area (Å²) in [6.45, 7) is 1.03. The van der Waals surface area contributed by atoms with E-state index in [1.807, 2.05) is 0 Å². The predicted octanol–water partition coefficient (Wildman–Crippen LogP) is 1.47. The average molecular weight is 386 g/mol. The maximum atomic E-state index is 12.3. The minimum Gasteiger partial charge on any atom is -0.497 e. The van der Waals surface area contributed by atoms with Crippen LogP contribution in [0.4, 0.5) is 5.69 Å². The van der Waals surface area contributed by atoms with Crippen LogP contribution in [0.2, 0.25) is 0 Å². The van der Waals surface area contributed by atoms with E-state index in [0.717, 1.165) is 19.1 Å². The van der Waals surface area contributed by atoms with Gasteiger partial charge in [0.25, 0.3) is 0 Å². The van der Waals surface area contributed by atoms with Gasteiger partial charge >= 0.3 is 0 Å². The first-order chi connectivity index (χ1) is 12.3. The number of rotatable bonds is 9. The second-order valence-corrected chi connectivity index (χ2v) is 8.10. The van der Waals surface area contributed by atoms with Crippen LogP contribution in [0.5, 0.6) is 11.5 Å². The molecule has 26 heavy (non-hydrogen) atoms. The van der Waals surface area contributed by atoms with Gasteiger partial charge in [-0.1, -0.05) is 0 Å². The summed E-state index contributed by atoms with van der Waals surface area (Å²) in [5, 5.41) is 2.74. The minimum atomic E-state index is -3.41. The van der Waals surface area contributed by atoms with Crippen LogP contribution >= 0.6 is 0 Å². The number of hydrogen-bond donors (Lipinski definition) is 1. The SMILES string of the molecule is COc1ccc(NC(=O)CCN(CC2CCCO2)S(C)(=O)=O)c(OC)c1. The summed E-state index contributed by atoms with van der Waals surface area (Å²) in [7, 11) is -0.371. The number of methoxy groups -OCH3 is 2. The number of benzene rings is 1. The first-order valence-corrected chi connectivity index (χ1v) is 10.3. The molecular formula is C17H26N2O6S. The summed E-state index contributed by atoms with van der Waals surface area (Å²) >= 11 is 0. The highest BCUT2D eigenvalue weighted by molar-refractivity contribution is 7.88. The number of carbonyl (C=O) groups is 1. The van der Waals surface area contributed by atoms with Gasteiger partial charge in [0.1, 0.15) is 11.5 Å². The molecule has 0 bridgehead atoms. The lowest BCUT2D eigenvalue weighted by Crippen LogP contribution is -2.38. The Morgan fingerprint density at radius 2 is 2.12 bits per heavy atom. The summed E-state index contributed by atoms with van der Waals surface area (Å²) < 4.78 is 41.1. The normalized spacial score (nSPS) is 17.3. The molecule has 8 nitrogen and oxygen atoms in total. The Hall–Kier alpha value is -1.84. The highest BCUT2D eigenvalue weighted by Gasteiger charge is 2.25. The molecular weight excluding hydrogens is 360 g/mol. The molecule has 1 heterocycles. The number of amides is 1. The molecule has 1 atom stereocenters. The van der Waals surface area contributed by atoms with Crippen LogP contribution in [-0.2, 0) is 19.6 Å². The molecule has 1 aliphatic rings. The van der Waals surface area contributed by atoms with Crippen molar-refractivity contribution in [3.8, 4) is 11.5 Å². The van der Waals surface area contributed by atoms with Crippen molar-refractivity contribution >= 4 is 21.6 Å². The molecule has 9 heteroatoms. The van der Waals surface area contributed by atoms with Gasteiger partial charge < -0.3 is 19.5 Å². The lowest BCUT2D eigenvalue weighted by Gasteiger charge is -2.22. The lowest BCUT2D eigenvalue weighted by molar-refractivity contribution is -0.116. The molecule has 1 fully saturated rings. The lowest BCUT2D eigenvalue weighted by atomic mass is 10.2. The van der Waals surface area contributed by atoms with Crippen LogP contribution in [-0.4, -0.2) is 64.9 Å². The van der Waals surface area contributed by atoms with E-state index in [0.29, 0.717) is 23.8 Å². The highest BCUT2D eigenvalue weighted by Crippen LogP contribution is 2.29. The summed E-state index contributed by atoms with van der Waals surface area (Å²) in [5.74, 6) is 0.783. The molecule has 0 aromatic heterocycles. The molecule has 0 radical (unpaired) electrons. The molecule has 1 aromatic carbocycles. The van der Waals surface area contributed by atoms with E-state index in [9.17, 15) is 13.2 Å². The van der Waals surface area contributed by atoms with Crippen LogP contribution in [0, 0.1) is 0 Å². The molecule has 146 valence electrons. The van der Waals surface area contributed by atoms with E-state index in [4.69, 9.17) is 14.2 Å². The number of carbonyl (C=O) groups excluding carboxylic acids is 1. The fourth-order valence-electron chi connectivity index (χ4n) is 2.75. The molecule has 0 spiro atoms. The smallest absolute Gasteiger partial charge is 0.225 e. The van der Waals surface area contributed by atoms with Gasteiger partial charge in [0.15, 0.2) is 0 Å². The first kappa shape index (κ1) is 20.5. The Morgan fingerprint density at radius 3 is 2.69 bits per heavy atom. The van der Waals surface area contributed by atoms with Crippen molar-refractivity contribution in [3.05, 3.63) is 18.2 Å². The van der Waals surface area contributed by atoms with Crippen molar-refractivity contribution < 1.29 is 27.4 Å². The van der Waals surface area contributed by atoms with Gasteiger partial charge in [-0.05, 0) is 25.0 Å². The second kappa shape index (κ2) is 9.20. The van der Waals surface area contributed by atoms with E-state index >= 15 is 0 Å². The fraction of sp³-hybridized carbons (Fsp3) is 0.588. The van der Waals surface area contributed by atoms with Crippen LogP contribution in [0.1, 0.15) is 19.3 Å². The Kier molecular flexibility index (Phi) is 7.24. The third-order valence-corrected chi connectivity index (χ3v) is 5.44. The largest absolute Gasteiger partial charge is 0.497 e. The number of sulfonamides is 1. The van der Waals surface area contributed by atoms with Crippen molar-refractivity contribution in [2.75, 3.05) is 45.5 Å². The van der Waals surface area contributed by atoms with E-state index in [1.165, 1.54) is 11.4 Å². The van der Waals surface area contributed by atoms with Crippen LogP contribution < -0.4 is 14.8 Å². The van der Waals surface area contributed by atoms with Gasteiger partial charge in [-0.25, -0.2) is 8.42 Å². The molecule has 1 saturated heterocycles. The molecule has 1 N–H and O–H groups in total. The number of ether oxygens (including phenoxy) is 3. The minimum absolute atomic E-state index is 0.0367. The number of hydrogen-bond acceptors (Lipinski definition) is 6. The van der Waals surface area contributed by atoms with Crippen molar-refractivity contribution in [1.29, 1.82) is 0 Å². The maximum Gasteiger partial charge on any atom is 0.225 e. The third kappa shape index (κ3) is 5.86. The monoisotopic (exact) mass is 386 g/mol. The number of nitrogens with one attached hydrogen (secondary N) is 1. The van der Waals surface area contributed by atoms with E-state index in [1.54, 1.807) is 25.3 Å². The Morgan fingerprint density at radius 1 is 1.35 bits per heavy atom. The predicted molar refractivity (Wildman–Crippen MR) is 98.2 cm³/mol. The van der Waals surface area contributed by atoms with Gasteiger partial charge in [0.2, 0.25) is 15.9 Å². The Balaban J connectivity index is 1.95. The topological polar surface area (TPSA) is 94.2 Å². The first-order valence-electron chi connectivity index (χ1n) is 8.42. The molecule has 1 unspecified atom stereocenters.